The Morgan fingerprint density at radius 2 is 2.17 bits per heavy atom. The van der Waals surface area contributed by atoms with Crippen molar-refractivity contribution in [2.24, 2.45) is 5.92 Å². The Hall–Kier alpha value is -1.02. The van der Waals surface area contributed by atoms with E-state index in [2.05, 4.69) is 30.4 Å². The maximum atomic E-state index is 6.32. The van der Waals surface area contributed by atoms with E-state index in [1.165, 1.54) is 70.1 Å². The third-order valence-corrected chi connectivity index (χ3v) is 6.62. The van der Waals surface area contributed by atoms with Gasteiger partial charge in [-0.2, -0.15) is 0 Å². The minimum atomic E-state index is 0.406. The summed E-state index contributed by atoms with van der Waals surface area (Å²) in [7, 11) is 0. The number of piperidine rings is 1. The monoisotopic (exact) mass is 313 g/mol. The average Bonchev–Trinajstić information content (AvgIpc) is 2.58. The molecule has 1 aromatic carbocycles. The molecule has 2 aliphatic carbocycles. The molecule has 0 amide bonds. The van der Waals surface area contributed by atoms with Crippen molar-refractivity contribution in [2.75, 3.05) is 13.2 Å². The molecule has 1 N–H and O–H groups in total. The number of unbranched alkanes of at least 4 members (excludes halogenated alkanes) is 2. The highest BCUT2D eigenvalue weighted by molar-refractivity contribution is 5.50. The Bertz CT molecular complexity index is 551. The van der Waals surface area contributed by atoms with Crippen LogP contribution in [-0.2, 0) is 11.8 Å². The van der Waals surface area contributed by atoms with Gasteiger partial charge in [0.15, 0.2) is 0 Å². The van der Waals surface area contributed by atoms with Crippen molar-refractivity contribution in [1.29, 1.82) is 0 Å². The van der Waals surface area contributed by atoms with Gasteiger partial charge in [-0.25, -0.2) is 0 Å². The van der Waals surface area contributed by atoms with Crippen molar-refractivity contribution < 1.29 is 4.74 Å². The molecule has 2 bridgehead atoms. The van der Waals surface area contributed by atoms with Crippen molar-refractivity contribution in [3.8, 4) is 5.75 Å². The highest BCUT2D eigenvalue weighted by atomic mass is 16.5. The smallest absolute Gasteiger partial charge is 0.123 e. The van der Waals surface area contributed by atoms with Gasteiger partial charge in [-0.05, 0) is 56.2 Å². The second-order valence-electron chi connectivity index (χ2n) is 7.87. The number of hydrogen-bond acceptors (Lipinski definition) is 2. The van der Waals surface area contributed by atoms with E-state index in [9.17, 15) is 0 Å². The van der Waals surface area contributed by atoms with Gasteiger partial charge in [0.25, 0.3) is 0 Å². The summed E-state index contributed by atoms with van der Waals surface area (Å²) in [5, 5.41) is 3.82. The third-order valence-electron chi connectivity index (χ3n) is 6.62. The standard InChI is InChI=1S/C21H31NO/c1-2-3-6-14-23-19-10-7-8-16-15-18-17-9-4-5-11-21(17,20(16)19)12-13-22-18/h7-8,10,17-18,22H,2-6,9,11-15H2,1H3/t17-,18+,21+/m0/s1. The maximum Gasteiger partial charge on any atom is 0.123 e. The van der Waals surface area contributed by atoms with E-state index >= 15 is 0 Å². The van der Waals surface area contributed by atoms with Crippen LogP contribution in [0.3, 0.4) is 0 Å². The predicted octanol–water partition coefficient (Wildman–Crippen LogP) is 4.60. The molecule has 2 heteroatoms. The molecule has 1 heterocycles. The van der Waals surface area contributed by atoms with Gasteiger partial charge in [0, 0.05) is 17.0 Å². The summed E-state index contributed by atoms with van der Waals surface area (Å²) in [6.07, 6.45) is 11.8. The van der Waals surface area contributed by atoms with Gasteiger partial charge in [-0.15, -0.1) is 0 Å². The van der Waals surface area contributed by atoms with Gasteiger partial charge >= 0.3 is 0 Å². The Morgan fingerprint density at radius 1 is 1.22 bits per heavy atom. The van der Waals surface area contributed by atoms with Gasteiger partial charge in [-0.1, -0.05) is 44.7 Å². The van der Waals surface area contributed by atoms with E-state index in [0.29, 0.717) is 11.5 Å². The van der Waals surface area contributed by atoms with E-state index in [0.717, 1.165) is 12.5 Å². The van der Waals surface area contributed by atoms with E-state index in [4.69, 9.17) is 4.74 Å². The molecule has 1 aliphatic heterocycles. The van der Waals surface area contributed by atoms with E-state index in [-0.39, 0.29) is 0 Å². The van der Waals surface area contributed by atoms with Crippen molar-refractivity contribution >= 4 is 0 Å². The van der Waals surface area contributed by atoms with Gasteiger partial charge in [0.05, 0.1) is 6.61 Å². The normalized spacial score (nSPS) is 32.0. The van der Waals surface area contributed by atoms with Crippen LogP contribution in [0.25, 0.3) is 0 Å². The fraction of sp³-hybridized carbons (Fsp3) is 0.714. The highest BCUT2D eigenvalue weighted by Gasteiger charge is 2.52. The zero-order valence-electron chi connectivity index (χ0n) is 14.6. The van der Waals surface area contributed by atoms with Crippen LogP contribution in [0.1, 0.15) is 69.4 Å². The van der Waals surface area contributed by atoms with Gasteiger partial charge in [-0.3, -0.25) is 0 Å². The van der Waals surface area contributed by atoms with Crippen LogP contribution in [0.5, 0.6) is 5.75 Å². The van der Waals surface area contributed by atoms with Crippen molar-refractivity contribution in [1.82, 2.24) is 5.32 Å². The molecule has 1 saturated heterocycles. The van der Waals surface area contributed by atoms with Crippen LogP contribution in [0.2, 0.25) is 0 Å². The second-order valence-corrected chi connectivity index (χ2v) is 7.87. The van der Waals surface area contributed by atoms with Gasteiger partial charge in [0.2, 0.25) is 0 Å². The number of fused-ring (bicyclic) bond motifs is 1. The molecule has 23 heavy (non-hydrogen) atoms. The summed E-state index contributed by atoms with van der Waals surface area (Å²) in [5.41, 5.74) is 3.58. The molecule has 0 radical (unpaired) electrons. The average molecular weight is 313 g/mol. The lowest BCUT2D eigenvalue weighted by Gasteiger charge is -2.56. The van der Waals surface area contributed by atoms with Crippen LogP contribution in [0.4, 0.5) is 0 Å². The molecule has 0 aromatic heterocycles. The predicted molar refractivity (Wildman–Crippen MR) is 95.2 cm³/mol. The topological polar surface area (TPSA) is 21.3 Å². The minimum Gasteiger partial charge on any atom is -0.493 e. The fourth-order valence-electron chi connectivity index (χ4n) is 5.64. The minimum absolute atomic E-state index is 0.406. The number of ether oxygens (including phenoxy) is 1. The van der Waals surface area contributed by atoms with Crippen LogP contribution in [-0.4, -0.2) is 19.2 Å². The van der Waals surface area contributed by atoms with Crippen molar-refractivity contribution in [2.45, 2.75) is 76.2 Å². The second kappa shape index (κ2) is 6.47. The first-order valence-corrected chi connectivity index (χ1v) is 9.84. The zero-order valence-corrected chi connectivity index (χ0v) is 14.6. The first-order chi connectivity index (χ1) is 11.3. The highest BCUT2D eigenvalue weighted by Crippen LogP contribution is 2.56. The molecular weight excluding hydrogens is 282 g/mol. The maximum absolute atomic E-state index is 6.32. The van der Waals surface area contributed by atoms with Gasteiger partial charge < -0.3 is 10.1 Å². The first kappa shape index (κ1) is 15.5. The number of hydrogen-bond donors (Lipinski definition) is 1. The largest absolute Gasteiger partial charge is 0.493 e. The van der Waals surface area contributed by atoms with Gasteiger partial charge in [0.1, 0.15) is 5.75 Å². The summed E-state index contributed by atoms with van der Waals surface area (Å²) in [6, 6.07) is 7.52. The first-order valence-electron chi connectivity index (χ1n) is 9.84. The summed E-state index contributed by atoms with van der Waals surface area (Å²) >= 11 is 0. The lowest BCUT2D eigenvalue weighted by Crippen LogP contribution is -2.59. The summed E-state index contributed by atoms with van der Waals surface area (Å²) < 4.78 is 6.32. The molecule has 1 saturated carbocycles. The number of rotatable bonds is 5. The molecular formula is C21H31NO. The molecule has 0 spiro atoms. The third kappa shape index (κ3) is 2.59. The SMILES string of the molecule is CCCCCOc1cccc2c1[C@@]13CCCC[C@H]1[C@@H](C2)NCC3. The van der Waals surface area contributed by atoms with Crippen LogP contribution in [0, 0.1) is 5.92 Å². The zero-order chi connectivity index (χ0) is 15.7. The summed E-state index contributed by atoms with van der Waals surface area (Å²) in [5.74, 6) is 2.05. The molecule has 0 unspecified atom stereocenters. The quantitative estimate of drug-likeness (QED) is 0.802. The molecule has 2 fully saturated rings. The Kier molecular flexibility index (Phi) is 4.36. The van der Waals surface area contributed by atoms with Crippen molar-refractivity contribution in [3.05, 3.63) is 29.3 Å². The lowest BCUT2D eigenvalue weighted by molar-refractivity contribution is 0.0762. The molecule has 3 atom stereocenters. The Labute approximate surface area is 141 Å². The molecule has 3 aliphatic rings. The van der Waals surface area contributed by atoms with Crippen molar-refractivity contribution in [3.63, 3.8) is 0 Å². The molecule has 4 rings (SSSR count). The van der Waals surface area contributed by atoms with E-state index in [1.807, 2.05) is 0 Å². The Morgan fingerprint density at radius 3 is 3.09 bits per heavy atom. The summed E-state index contributed by atoms with van der Waals surface area (Å²) in [4.78, 5) is 0. The lowest BCUT2D eigenvalue weighted by atomic mass is 9.52. The van der Waals surface area contributed by atoms with Crippen LogP contribution >= 0.6 is 0 Å². The Balaban J connectivity index is 1.69. The number of nitrogens with one attached hydrogen (secondary N) is 1. The molecule has 2 nitrogen and oxygen atoms in total. The van der Waals surface area contributed by atoms with E-state index < -0.39 is 0 Å². The fourth-order valence-corrected chi connectivity index (χ4v) is 5.64. The number of benzene rings is 1. The molecule has 1 aromatic rings. The molecule has 126 valence electrons. The van der Waals surface area contributed by atoms with E-state index in [1.54, 1.807) is 11.1 Å². The summed E-state index contributed by atoms with van der Waals surface area (Å²) in [6.45, 7) is 4.32. The van der Waals surface area contributed by atoms with Crippen LogP contribution in [0.15, 0.2) is 18.2 Å². The van der Waals surface area contributed by atoms with Crippen LogP contribution < -0.4 is 10.1 Å².